The largest absolute Gasteiger partial charge is 0.271 e. The third-order valence-electron chi connectivity index (χ3n) is 5.84. The Bertz CT molecular complexity index is 444. The van der Waals surface area contributed by atoms with E-state index in [4.69, 9.17) is 5.84 Å². The van der Waals surface area contributed by atoms with Gasteiger partial charge in [-0.25, -0.2) is 0 Å². The number of nitrogens with two attached hydrogens (primary N) is 1. The van der Waals surface area contributed by atoms with Gasteiger partial charge in [-0.15, -0.1) is 0 Å². The van der Waals surface area contributed by atoms with E-state index in [0.29, 0.717) is 6.04 Å². The molecule has 3 N–H and O–H groups in total. The smallest absolute Gasteiger partial charge is 0.0512 e. The lowest BCUT2D eigenvalue weighted by atomic mass is 9.50. The van der Waals surface area contributed by atoms with Crippen molar-refractivity contribution in [1.82, 2.24) is 5.43 Å². The number of nitrogens with one attached hydrogen (secondary N) is 1. The topological polar surface area (TPSA) is 38.0 Å². The van der Waals surface area contributed by atoms with Gasteiger partial charge in [0.2, 0.25) is 0 Å². The van der Waals surface area contributed by atoms with Crippen molar-refractivity contribution in [3.05, 3.63) is 20.8 Å². The number of hydrazine groups is 1. The molecule has 4 fully saturated rings. The summed E-state index contributed by atoms with van der Waals surface area (Å²) in [7, 11) is 0. The molecule has 4 aliphatic carbocycles. The lowest BCUT2D eigenvalue weighted by Gasteiger charge is -2.56. The zero-order valence-electron chi connectivity index (χ0n) is 11.0. The van der Waals surface area contributed by atoms with Crippen molar-refractivity contribution in [2.24, 2.45) is 35.4 Å². The van der Waals surface area contributed by atoms with Crippen molar-refractivity contribution in [2.75, 3.05) is 0 Å². The van der Waals surface area contributed by atoms with Crippen molar-refractivity contribution >= 4 is 27.3 Å². The first-order chi connectivity index (χ1) is 9.26. The van der Waals surface area contributed by atoms with E-state index in [1.807, 2.05) is 0 Å². The first-order valence-corrected chi connectivity index (χ1v) is 9.17. The molecule has 0 saturated heterocycles. The van der Waals surface area contributed by atoms with Crippen molar-refractivity contribution in [3.63, 3.8) is 0 Å². The summed E-state index contributed by atoms with van der Waals surface area (Å²) >= 11 is 5.46. The maximum atomic E-state index is 5.95. The average Bonchev–Trinajstić information content (AvgIpc) is 2.79. The van der Waals surface area contributed by atoms with Crippen LogP contribution in [0.25, 0.3) is 0 Å². The standard InChI is InChI=1S/C15H21BrN2S/c16-13-7-19-6-12(13)15(18-17)14-10-2-8-1-9(4-10)5-11(14)3-8/h6-11,14-15,18H,1-5,17H2. The van der Waals surface area contributed by atoms with Crippen LogP contribution in [-0.2, 0) is 0 Å². The Labute approximate surface area is 127 Å². The number of hydrogen-bond acceptors (Lipinski definition) is 3. The normalized spacial score (nSPS) is 41.7. The summed E-state index contributed by atoms with van der Waals surface area (Å²) in [4.78, 5) is 0. The van der Waals surface area contributed by atoms with E-state index in [0.717, 1.165) is 29.6 Å². The summed E-state index contributed by atoms with van der Waals surface area (Å²) in [5.41, 5.74) is 4.53. The predicted molar refractivity (Wildman–Crippen MR) is 82.6 cm³/mol. The molecular formula is C15H21BrN2S. The van der Waals surface area contributed by atoms with Gasteiger partial charge in [-0.3, -0.25) is 11.3 Å². The predicted octanol–water partition coefficient (Wildman–Crippen LogP) is 4.09. The van der Waals surface area contributed by atoms with E-state index in [1.165, 1.54) is 42.1 Å². The van der Waals surface area contributed by atoms with Crippen LogP contribution in [0.2, 0.25) is 0 Å². The molecule has 0 radical (unpaired) electrons. The molecular weight excluding hydrogens is 320 g/mol. The third kappa shape index (κ3) is 2.03. The average molecular weight is 341 g/mol. The molecule has 5 rings (SSSR count). The van der Waals surface area contributed by atoms with Gasteiger partial charge in [-0.05, 0) is 88.6 Å². The van der Waals surface area contributed by atoms with Crippen molar-refractivity contribution in [2.45, 2.75) is 38.1 Å². The lowest BCUT2D eigenvalue weighted by Crippen LogP contribution is -2.50. The molecule has 104 valence electrons. The number of hydrogen-bond donors (Lipinski definition) is 2. The summed E-state index contributed by atoms with van der Waals surface area (Å²) in [5, 5.41) is 4.44. The molecule has 4 heteroatoms. The molecule has 1 unspecified atom stereocenters. The molecule has 1 atom stereocenters. The summed E-state index contributed by atoms with van der Waals surface area (Å²) in [6, 6.07) is 0.343. The molecule has 19 heavy (non-hydrogen) atoms. The van der Waals surface area contributed by atoms with Gasteiger partial charge in [-0.1, -0.05) is 0 Å². The quantitative estimate of drug-likeness (QED) is 0.642. The summed E-state index contributed by atoms with van der Waals surface area (Å²) in [6.45, 7) is 0. The molecule has 4 bridgehead atoms. The van der Waals surface area contributed by atoms with Gasteiger partial charge in [0.25, 0.3) is 0 Å². The van der Waals surface area contributed by atoms with Gasteiger partial charge in [0.05, 0.1) is 6.04 Å². The van der Waals surface area contributed by atoms with E-state index < -0.39 is 0 Å². The SMILES string of the molecule is NNC(c1cscc1Br)C1C2CC3CC(C2)CC1C3. The number of halogens is 1. The Morgan fingerprint density at radius 1 is 1.11 bits per heavy atom. The van der Waals surface area contributed by atoms with Crippen molar-refractivity contribution < 1.29 is 0 Å². The fraction of sp³-hybridized carbons (Fsp3) is 0.733. The third-order valence-corrected chi connectivity index (χ3v) is 7.59. The zero-order valence-corrected chi connectivity index (χ0v) is 13.4. The molecule has 1 aromatic rings. The second kappa shape index (κ2) is 4.83. The summed E-state index contributed by atoms with van der Waals surface area (Å²) in [6.07, 6.45) is 7.34. The van der Waals surface area contributed by atoms with Crippen LogP contribution in [0.5, 0.6) is 0 Å². The molecule has 1 aromatic heterocycles. The van der Waals surface area contributed by atoms with Crippen LogP contribution < -0.4 is 11.3 Å². The molecule has 0 amide bonds. The minimum atomic E-state index is 0.343. The molecule has 0 aliphatic heterocycles. The van der Waals surface area contributed by atoms with Gasteiger partial charge < -0.3 is 0 Å². The molecule has 1 heterocycles. The number of rotatable bonds is 3. The lowest BCUT2D eigenvalue weighted by molar-refractivity contribution is -0.0526. The first-order valence-electron chi connectivity index (χ1n) is 7.44. The second-order valence-electron chi connectivity index (χ2n) is 6.83. The zero-order chi connectivity index (χ0) is 13.0. The monoisotopic (exact) mass is 340 g/mol. The second-order valence-corrected chi connectivity index (χ2v) is 8.43. The van der Waals surface area contributed by atoms with Gasteiger partial charge in [-0.2, -0.15) is 11.3 Å². The van der Waals surface area contributed by atoms with Crippen molar-refractivity contribution in [1.29, 1.82) is 0 Å². The van der Waals surface area contributed by atoms with E-state index in [1.54, 1.807) is 11.3 Å². The van der Waals surface area contributed by atoms with Crippen LogP contribution in [0.1, 0.15) is 43.7 Å². The van der Waals surface area contributed by atoms with Gasteiger partial charge in [0.15, 0.2) is 0 Å². The Hall–Kier alpha value is 0.100. The van der Waals surface area contributed by atoms with Crippen LogP contribution in [0.3, 0.4) is 0 Å². The minimum Gasteiger partial charge on any atom is -0.271 e. The van der Waals surface area contributed by atoms with E-state index in [2.05, 4.69) is 32.1 Å². The maximum absolute atomic E-state index is 5.95. The van der Waals surface area contributed by atoms with Crippen LogP contribution in [0.15, 0.2) is 15.2 Å². The molecule has 2 nitrogen and oxygen atoms in total. The van der Waals surface area contributed by atoms with Gasteiger partial charge >= 0.3 is 0 Å². The van der Waals surface area contributed by atoms with Crippen LogP contribution in [0.4, 0.5) is 0 Å². The van der Waals surface area contributed by atoms with E-state index in [-0.39, 0.29) is 0 Å². The van der Waals surface area contributed by atoms with Gasteiger partial charge in [0, 0.05) is 9.85 Å². The summed E-state index contributed by atoms with van der Waals surface area (Å²) in [5.74, 6) is 10.6. The highest BCUT2D eigenvalue weighted by Gasteiger charge is 2.50. The van der Waals surface area contributed by atoms with Crippen LogP contribution in [-0.4, -0.2) is 0 Å². The Morgan fingerprint density at radius 2 is 1.74 bits per heavy atom. The summed E-state index contributed by atoms with van der Waals surface area (Å²) < 4.78 is 1.23. The Morgan fingerprint density at radius 3 is 2.21 bits per heavy atom. The fourth-order valence-electron chi connectivity index (χ4n) is 5.43. The Balaban J connectivity index is 1.66. The molecule has 0 spiro atoms. The number of thiophene rings is 1. The van der Waals surface area contributed by atoms with Crippen molar-refractivity contribution in [3.8, 4) is 0 Å². The van der Waals surface area contributed by atoms with E-state index >= 15 is 0 Å². The molecule has 0 aromatic carbocycles. The van der Waals surface area contributed by atoms with Gasteiger partial charge in [0.1, 0.15) is 0 Å². The highest BCUT2D eigenvalue weighted by Crippen LogP contribution is 2.59. The van der Waals surface area contributed by atoms with Crippen LogP contribution in [0, 0.1) is 29.6 Å². The molecule has 4 saturated carbocycles. The minimum absolute atomic E-state index is 0.343. The Kier molecular flexibility index (Phi) is 3.26. The first kappa shape index (κ1) is 12.8. The molecule has 4 aliphatic rings. The highest BCUT2D eigenvalue weighted by atomic mass is 79.9. The highest BCUT2D eigenvalue weighted by molar-refractivity contribution is 9.10. The fourth-order valence-corrected chi connectivity index (χ4v) is 7.01. The van der Waals surface area contributed by atoms with E-state index in [9.17, 15) is 0 Å². The maximum Gasteiger partial charge on any atom is 0.0512 e. The van der Waals surface area contributed by atoms with Crippen LogP contribution >= 0.6 is 27.3 Å².